The number of amides is 1. The zero-order valence-electron chi connectivity index (χ0n) is 17.6. The number of nitrogens with zero attached hydrogens (tertiary/aromatic N) is 2. The Morgan fingerprint density at radius 3 is 2.35 bits per heavy atom. The maximum absolute atomic E-state index is 13.0. The molecule has 1 aromatic carbocycles. The standard InChI is InChI=1S/C23H26N2O6/c1-29-19-8-3-4-9-20(19)31-21-11-15-13-25(12-14(15)10-18(21)26)22(27)16-6-5-7-17(24-16)23(28)30-2/h3-9,14-15,18,21,26H,10-13H2,1-2H3/t14-,15+,18+,21+/m0/s1. The molecule has 0 spiro atoms. The van der Waals surface area contributed by atoms with Gasteiger partial charge in [0.25, 0.3) is 5.91 Å². The minimum Gasteiger partial charge on any atom is -0.493 e. The number of carbonyl (C=O) groups is 2. The molecule has 1 aromatic heterocycles. The highest BCUT2D eigenvalue weighted by atomic mass is 16.5. The molecule has 4 rings (SSSR count). The van der Waals surface area contributed by atoms with E-state index in [1.165, 1.54) is 13.2 Å². The molecular weight excluding hydrogens is 400 g/mol. The van der Waals surface area contributed by atoms with Gasteiger partial charge in [-0.05, 0) is 48.9 Å². The summed E-state index contributed by atoms with van der Waals surface area (Å²) in [6.45, 7) is 1.11. The molecule has 2 heterocycles. The fourth-order valence-corrected chi connectivity index (χ4v) is 4.50. The summed E-state index contributed by atoms with van der Waals surface area (Å²) < 4.78 is 16.1. The van der Waals surface area contributed by atoms with E-state index in [-0.39, 0.29) is 35.2 Å². The second-order valence-corrected chi connectivity index (χ2v) is 7.98. The van der Waals surface area contributed by atoms with Crippen LogP contribution in [-0.2, 0) is 4.74 Å². The van der Waals surface area contributed by atoms with Gasteiger partial charge in [0.05, 0.1) is 20.3 Å². The number of benzene rings is 1. The molecule has 31 heavy (non-hydrogen) atoms. The quantitative estimate of drug-likeness (QED) is 0.732. The van der Waals surface area contributed by atoms with Gasteiger partial charge in [-0.2, -0.15) is 0 Å². The minimum atomic E-state index is -0.623. The second kappa shape index (κ2) is 8.93. The van der Waals surface area contributed by atoms with Crippen molar-refractivity contribution in [1.29, 1.82) is 0 Å². The van der Waals surface area contributed by atoms with Gasteiger partial charge in [0, 0.05) is 13.1 Å². The Morgan fingerprint density at radius 2 is 1.65 bits per heavy atom. The van der Waals surface area contributed by atoms with Gasteiger partial charge in [-0.3, -0.25) is 4.79 Å². The number of aliphatic hydroxyl groups excluding tert-OH is 1. The molecule has 0 radical (unpaired) electrons. The molecular formula is C23H26N2O6. The van der Waals surface area contributed by atoms with Crippen molar-refractivity contribution < 1.29 is 28.9 Å². The predicted octanol–water partition coefficient (Wildman–Crippen LogP) is 2.17. The van der Waals surface area contributed by atoms with Gasteiger partial charge < -0.3 is 24.2 Å². The number of aliphatic hydroxyl groups is 1. The molecule has 2 aliphatic rings. The molecule has 2 fully saturated rings. The Labute approximate surface area is 180 Å². The van der Waals surface area contributed by atoms with Gasteiger partial charge in [-0.15, -0.1) is 0 Å². The monoisotopic (exact) mass is 426 g/mol. The van der Waals surface area contributed by atoms with Crippen molar-refractivity contribution in [3.8, 4) is 11.5 Å². The van der Waals surface area contributed by atoms with Gasteiger partial charge in [-0.1, -0.05) is 18.2 Å². The number of hydrogen-bond acceptors (Lipinski definition) is 7. The third-order valence-corrected chi connectivity index (χ3v) is 6.08. The molecule has 164 valence electrons. The maximum Gasteiger partial charge on any atom is 0.356 e. The number of fused-ring (bicyclic) bond motifs is 1. The van der Waals surface area contributed by atoms with Gasteiger partial charge in [0.15, 0.2) is 11.5 Å². The summed E-state index contributed by atoms with van der Waals surface area (Å²) in [6, 6.07) is 12.1. The number of likely N-dealkylation sites (tertiary alicyclic amines) is 1. The summed E-state index contributed by atoms with van der Waals surface area (Å²) in [5.41, 5.74) is 0.314. The van der Waals surface area contributed by atoms with Crippen LogP contribution in [-0.4, -0.2) is 66.4 Å². The lowest BCUT2D eigenvalue weighted by molar-refractivity contribution is -0.0240. The lowest BCUT2D eigenvalue weighted by Crippen LogP contribution is -2.42. The molecule has 1 amide bonds. The Hall–Kier alpha value is -3.13. The van der Waals surface area contributed by atoms with Gasteiger partial charge in [0.1, 0.15) is 17.5 Å². The molecule has 1 N–H and O–H groups in total. The Kier molecular flexibility index (Phi) is 6.08. The summed E-state index contributed by atoms with van der Waals surface area (Å²) >= 11 is 0. The molecule has 2 aromatic rings. The highest BCUT2D eigenvalue weighted by Crippen LogP contribution is 2.39. The van der Waals surface area contributed by atoms with Crippen molar-refractivity contribution in [1.82, 2.24) is 9.88 Å². The summed E-state index contributed by atoms with van der Waals surface area (Å²) in [4.78, 5) is 30.6. The van der Waals surface area contributed by atoms with Crippen molar-refractivity contribution in [2.75, 3.05) is 27.3 Å². The van der Waals surface area contributed by atoms with E-state index in [9.17, 15) is 14.7 Å². The van der Waals surface area contributed by atoms with E-state index >= 15 is 0 Å². The molecule has 1 saturated carbocycles. The largest absolute Gasteiger partial charge is 0.493 e. The smallest absolute Gasteiger partial charge is 0.356 e. The SMILES string of the molecule is COC(=O)c1cccc(C(=O)N2C[C@H]3C[C@@H](Oc4ccccc4OC)[C@H](O)C[C@H]3C2)n1. The number of para-hydroxylation sites is 2. The first-order chi connectivity index (χ1) is 15.0. The van der Waals surface area contributed by atoms with Crippen LogP contribution < -0.4 is 9.47 Å². The lowest BCUT2D eigenvalue weighted by atomic mass is 9.78. The van der Waals surface area contributed by atoms with E-state index in [0.717, 1.165) is 0 Å². The number of esters is 1. The van der Waals surface area contributed by atoms with Crippen LogP contribution in [0, 0.1) is 11.8 Å². The van der Waals surface area contributed by atoms with Crippen LogP contribution in [0.15, 0.2) is 42.5 Å². The lowest BCUT2D eigenvalue weighted by Gasteiger charge is -2.35. The van der Waals surface area contributed by atoms with Gasteiger partial charge in [-0.25, -0.2) is 9.78 Å². The van der Waals surface area contributed by atoms with Crippen LogP contribution in [0.25, 0.3) is 0 Å². The topological polar surface area (TPSA) is 98.2 Å². The molecule has 1 saturated heterocycles. The summed E-state index contributed by atoms with van der Waals surface area (Å²) in [7, 11) is 2.86. The average molecular weight is 426 g/mol. The molecule has 1 aliphatic carbocycles. The third-order valence-electron chi connectivity index (χ3n) is 6.08. The fraction of sp³-hybridized carbons (Fsp3) is 0.435. The molecule has 8 nitrogen and oxygen atoms in total. The maximum atomic E-state index is 13.0. The Bertz CT molecular complexity index is 965. The van der Waals surface area contributed by atoms with E-state index < -0.39 is 12.1 Å². The van der Waals surface area contributed by atoms with Gasteiger partial charge in [0.2, 0.25) is 0 Å². The van der Waals surface area contributed by atoms with Crippen LogP contribution in [0.1, 0.15) is 33.8 Å². The number of carbonyl (C=O) groups excluding carboxylic acids is 2. The molecule has 8 heteroatoms. The van der Waals surface area contributed by atoms with E-state index in [4.69, 9.17) is 9.47 Å². The van der Waals surface area contributed by atoms with E-state index in [1.807, 2.05) is 24.3 Å². The first-order valence-corrected chi connectivity index (χ1v) is 10.3. The predicted molar refractivity (Wildman–Crippen MR) is 111 cm³/mol. The average Bonchev–Trinajstić information content (AvgIpc) is 3.21. The van der Waals surface area contributed by atoms with Crippen LogP contribution in [0.4, 0.5) is 0 Å². The first kappa shape index (κ1) is 21.1. The molecule has 4 atom stereocenters. The normalized spacial score (nSPS) is 24.9. The van der Waals surface area contributed by atoms with Crippen LogP contribution >= 0.6 is 0 Å². The van der Waals surface area contributed by atoms with Crippen LogP contribution in [0.3, 0.4) is 0 Å². The summed E-state index contributed by atoms with van der Waals surface area (Å²) in [6.07, 6.45) is 0.211. The number of hydrogen-bond donors (Lipinski definition) is 1. The molecule has 0 bridgehead atoms. The second-order valence-electron chi connectivity index (χ2n) is 7.98. The number of pyridine rings is 1. The number of ether oxygens (including phenoxy) is 3. The summed E-state index contributed by atoms with van der Waals surface area (Å²) in [5, 5.41) is 10.7. The van der Waals surface area contributed by atoms with Crippen molar-refractivity contribution >= 4 is 11.9 Å². The van der Waals surface area contributed by atoms with Crippen molar-refractivity contribution in [2.24, 2.45) is 11.8 Å². The molecule has 1 aliphatic heterocycles. The Morgan fingerprint density at radius 1 is 0.968 bits per heavy atom. The highest BCUT2D eigenvalue weighted by molar-refractivity contribution is 5.94. The van der Waals surface area contributed by atoms with Gasteiger partial charge >= 0.3 is 5.97 Å². The minimum absolute atomic E-state index is 0.102. The fourth-order valence-electron chi connectivity index (χ4n) is 4.50. The van der Waals surface area contributed by atoms with Crippen molar-refractivity contribution in [3.05, 3.63) is 53.9 Å². The van der Waals surface area contributed by atoms with Crippen LogP contribution in [0.5, 0.6) is 11.5 Å². The van der Waals surface area contributed by atoms with E-state index in [0.29, 0.717) is 37.4 Å². The van der Waals surface area contributed by atoms with E-state index in [1.54, 1.807) is 24.1 Å². The summed E-state index contributed by atoms with van der Waals surface area (Å²) in [5.74, 6) is 0.830. The number of aromatic nitrogens is 1. The number of rotatable bonds is 5. The zero-order valence-corrected chi connectivity index (χ0v) is 17.6. The Balaban J connectivity index is 1.44. The van der Waals surface area contributed by atoms with Crippen molar-refractivity contribution in [2.45, 2.75) is 25.0 Å². The first-order valence-electron chi connectivity index (χ1n) is 10.3. The van der Waals surface area contributed by atoms with Crippen LogP contribution in [0.2, 0.25) is 0 Å². The van der Waals surface area contributed by atoms with E-state index in [2.05, 4.69) is 9.72 Å². The van der Waals surface area contributed by atoms with Crippen molar-refractivity contribution in [3.63, 3.8) is 0 Å². The number of methoxy groups -OCH3 is 2. The third kappa shape index (κ3) is 4.34. The molecule has 0 unspecified atom stereocenters. The zero-order chi connectivity index (χ0) is 22.0. The highest BCUT2D eigenvalue weighted by Gasteiger charge is 2.44.